The van der Waals surface area contributed by atoms with Crippen molar-refractivity contribution in [3.05, 3.63) is 18.0 Å². The predicted molar refractivity (Wildman–Crippen MR) is 42.8 cm³/mol. The van der Waals surface area contributed by atoms with Crippen molar-refractivity contribution in [3.8, 4) is 0 Å². The Balaban J connectivity index is 2.55. The standard InChI is InChI=1S/C6H10N2O3S/c1-8-4-3-6(7-8)5-11-12(2,9)10/h3-4H,5H2,1-2H3. The van der Waals surface area contributed by atoms with Gasteiger partial charge in [-0.25, -0.2) is 0 Å². The number of hydrogen-bond acceptors (Lipinski definition) is 4. The summed E-state index contributed by atoms with van der Waals surface area (Å²) in [4.78, 5) is 0. The summed E-state index contributed by atoms with van der Waals surface area (Å²) in [5, 5.41) is 3.94. The third kappa shape index (κ3) is 3.02. The molecule has 5 nitrogen and oxygen atoms in total. The fourth-order valence-corrected chi connectivity index (χ4v) is 1.04. The Bertz CT molecular complexity index is 355. The first kappa shape index (κ1) is 9.21. The van der Waals surface area contributed by atoms with Gasteiger partial charge in [0.25, 0.3) is 10.1 Å². The summed E-state index contributed by atoms with van der Waals surface area (Å²) in [6, 6.07) is 1.70. The molecule has 0 spiro atoms. The van der Waals surface area contributed by atoms with E-state index in [1.54, 1.807) is 24.0 Å². The van der Waals surface area contributed by atoms with E-state index in [1.807, 2.05) is 0 Å². The summed E-state index contributed by atoms with van der Waals surface area (Å²) in [7, 11) is -1.61. The first-order valence-electron chi connectivity index (χ1n) is 3.30. The van der Waals surface area contributed by atoms with Crippen LogP contribution in [0.15, 0.2) is 12.3 Å². The molecule has 0 aliphatic rings. The van der Waals surface area contributed by atoms with E-state index in [4.69, 9.17) is 0 Å². The summed E-state index contributed by atoms with van der Waals surface area (Å²) < 4.78 is 27.2. The summed E-state index contributed by atoms with van der Waals surface area (Å²) in [6.07, 6.45) is 2.73. The molecule has 0 saturated carbocycles. The third-order valence-corrected chi connectivity index (χ3v) is 1.74. The van der Waals surface area contributed by atoms with Gasteiger partial charge in [-0.1, -0.05) is 0 Å². The molecular formula is C6H10N2O3S. The van der Waals surface area contributed by atoms with Gasteiger partial charge in [0.2, 0.25) is 0 Å². The lowest BCUT2D eigenvalue weighted by atomic mass is 10.5. The zero-order valence-corrected chi connectivity index (χ0v) is 7.71. The van der Waals surface area contributed by atoms with Crippen molar-refractivity contribution in [1.82, 2.24) is 9.78 Å². The van der Waals surface area contributed by atoms with Crippen LogP contribution in [-0.2, 0) is 28.0 Å². The molecule has 68 valence electrons. The topological polar surface area (TPSA) is 61.2 Å². The second kappa shape index (κ2) is 3.24. The molecule has 0 unspecified atom stereocenters. The van der Waals surface area contributed by atoms with Gasteiger partial charge >= 0.3 is 0 Å². The predicted octanol–water partition coefficient (Wildman–Crippen LogP) is -0.104. The van der Waals surface area contributed by atoms with Gasteiger partial charge < -0.3 is 0 Å². The Hall–Kier alpha value is -0.880. The number of hydrogen-bond donors (Lipinski definition) is 0. The molecule has 1 aromatic heterocycles. The van der Waals surface area contributed by atoms with Gasteiger partial charge in [0.1, 0.15) is 6.61 Å². The molecule has 0 N–H and O–H groups in total. The van der Waals surface area contributed by atoms with E-state index in [1.165, 1.54) is 0 Å². The van der Waals surface area contributed by atoms with Crippen LogP contribution in [0, 0.1) is 0 Å². The van der Waals surface area contributed by atoms with E-state index in [-0.39, 0.29) is 6.61 Å². The molecular weight excluding hydrogens is 180 g/mol. The SMILES string of the molecule is Cn1ccc(COS(C)(=O)=O)n1. The highest BCUT2D eigenvalue weighted by molar-refractivity contribution is 7.85. The van der Waals surface area contributed by atoms with Crippen LogP contribution < -0.4 is 0 Å². The summed E-state index contributed by atoms with van der Waals surface area (Å²) in [6.45, 7) is -0.000324. The van der Waals surface area contributed by atoms with Crippen molar-refractivity contribution in [1.29, 1.82) is 0 Å². The monoisotopic (exact) mass is 190 g/mol. The number of aromatic nitrogens is 2. The highest BCUT2D eigenvalue weighted by Gasteiger charge is 2.03. The smallest absolute Gasteiger partial charge is 0.264 e. The minimum atomic E-state index is -3.36. The van der Waals surface area contributed by atoms with Crippen LogP contribution in [0.2, 0.25) is 0 Å². The maximum absolute atomic E-state index is 10.6. The van der Waals surface area contributed by atoms with E-state index in [0.717, 1.165) is 6.26 Å². The molecule has 0 radical (unpaired) electrons. The molecule has 1 rings (SSSR count). The minimum absolute atomic E-state index is 0.000324. The van der Waals surface area contributed by atoms with Crippen LogP contribution in [0.5, 0.6) is 0 Å². The lowest BCUT2D eigenvalue weighted by molar-refractivity contribution is 0.306. The van der Waals surface area contributed by atoms with Gasteiger partial charge in [0.15, 0.2) is 0 Å². The van der Waals surface area contributed by atoms with Gasteiger partial charge in [-0.3, -0.25) is 8.86 Å². The van der Waals surface area contributed by atoms with E-state index in [9.17, 15) is 8.42 Å². The minimum Gasteiger partial charge on any atom is -0.275 e. The van der Waals surface area contributed by atoms with Gasteiger partial charge in [-0.15, -0.1) is 0 Å². The van der Waals surface area contributed by atoms with Crippen LogP contribution >= 0.6 is 0 Å². The second-order valence-electron chi connectivity index (χ2n) is 2.45. The molecule has 0 saturated heterocycles. The molecule has 0 bridgehead atoms. The number of aryl methyl sites for hydroxylation is 1. The molecule has 0 atom stereocenters. The van der Waals surface area contributed by atoms with E-state index in [2.05, 4.69) is 9.28 Å². The van der Waals surface area contributed by atoms with Crippen molar-refractivity contribution in [2.75, 3.05) is 6.26 Å². The lowest BCUT2D eigenvalue weighted by Crippen LogP contribution is -2.03. The Morgan fingerprint density at radius 1 is 1.67 bits per heavy atom. The lowest BCUT2D eigenvalue weighted by Gasteiger charge is -1.96. The quantitative estimate of drug-likeness (QED) is 0.624. The average Bonchev–Trinajstić information content (AvgIpc) is 2.30. The normalized spacial score (nSPS) is 11.8. The van der Waals surface area contributed by atoms with Crippen molar-refractivity contribution < 1.29 is 12.6 Å². The van der Waals surface area contributed by atoms with E-state index in [0.29, 0.717) is 5.69 Å². The molecule has 0 aliphatic heterocycles. The maximum Gasteiger partial charge on any atom is 0.264 e. The van der Waals surface area contributed by atoms with Crippen molar-refractivity contribution in [2.45, 2.75) is 6.61 Å². The second-order valence-corrected chi connectivity index (χ2v) is 4.09. The van der Waals surface area contributed by atoms with Gasteiger partial charge in [-0.2, -0.15) is 13.5 Å². The summed E-state index contributed by atoms with van der Waals surface area (Å²) >= 11 is 0. The first-order chi connectivity index (χ1) is 5.47. The fraction of sp³-hybridized carbons (Fsp3) is 0.500. The summed E-state index contributed by atoms with van der Waals surface area (Å²) in [5.74, 6) is 0. The zero-order valence-electron chi connectivity index (χ0n) is 6.89. The number of nitrogens with zero attached hydrogens (tertiary/aromatic N) is 2. The first-order valence-corrected chi connectivity index (χ1v) is 5.12. The number of rotatable bonds is 3. The van der Waals surface area contributed by atoms with Gasteiger partial charge in [0.05, 0.1) is 11.9 Å². The Morgan fingerprint density at radius 3 is 2.75 bits per heavy atom. The van der Waals surface area contributed by atoms with Crippen LogP contribution in [0.1, 0.15) is 5.69 Å². The molecule has 0 aromatic carbocycles. The van der Waals surface area contributed by atoms with E-state index < -0.39 is 10.1 Å². The van der Waals surface area contributed by atoms with Gasteiger partial charge in [-0.05, 0) is 6.07 Å². The van der Waals surface area contributed by atoms with Crippen molar-refractivity contribution in [2.24, 2.45) is 7.05 Å². The molecule has 0 amide bonds. The molecule has 6 heteroatoms. The zero-order chi connectivity index (χ0) is 9.19. The van der Waals surface area contributed by atoms with Crippen LogP contribution in [0.4, 0.5) is 0 Å². The molecule has 1 aromatic rings. The van der Waals surface area contributed by atoms with Crippen LogP contribution in [0.25, 0.3) is 0 Å². The largest absolute Gasteiger partial charge is 0.275 e. The Labute approximate surface area is 71.1 Å². The highest BCUT2D eigenvalue weighted by Crippen LogP contribution is 1.99. The molecule has 0 fully saturated rings. The Morgan fingerprint density at radius 2 is 2.33 bits per heavy atom. The fourth-order valence-electron chi connectivity index (χ4n) is 0.708. The summed E-state index contributed by atoms with van der Waals surface area (Å²) in [5.41, 5.74) is 0.600. The van der Waals surface area contributed by atoms with Crippen molar-refractivity contribution in [3.63, 3.8) is 0 Å². The molecule has 1 heterocycles. The maximum atomic E-state index is 10.6. The molecule has 0 aliphatic carbocycles. The van der Waals surface area contributed by atoms with Crippen LogP contribution in [-0.4, -0.2) is 24.5 Å². The average molecular weight is 190 g/mol. The van der Waals surface area contributed by atoms with E-state index >= 15 is 0 Å². The molecule has 12 heavy (non-hydrogen) atoms. The van der Waals surface area contributed by atoms with Gasteiger partial charge in [0, 0.05) is 13.2 Å². The highest BCUT2D eigenvalue weighted by atomic mass is 32.2. The Kier molecular flexibility index (Phi) is 2.49. The van der Waals surface area contributed by atoms with Crippen LogP contribution in [0.3, 0.4) is 0 Å². The van der Waals surface area contributed by atoms with Crippen molar-refractivity contribution >= 4 is 10.1 Å². The third-order valence-electron chi connectivity index (χ3n) is 1.19.